The fourth-order valence-electron chi connectivity index (χ4n) is 3.09. The number of nitrogens with one attached hydrogen (secondary N) is 3. The molecule has 0 aliphatic carbocycles. The van der Waals surface area contributed by atoms with Gasteiger partial charge in [0.05, 0.1) is 0 Å². The maximum Gasteiger partial charge on any atom is 0.326 e. The Hall–Kier alpha value is -4.21. The van der Waals surface area contributed by atoms with Gasteiger partial charge in [0.1, 0.15) is 17.6 Å². The molecule has 0 bridgehead atoms. The molecule has 3 aromatic rings. The Kier molecular flexibility index (Phi) is 7.07. The van der Waals surface area contributed by atoms with Crippen LogP contribution in [0.2, 0.25) is 0 Å². The Morgan fingerprint density at radius 1 is 1.00 bits per heavy atom. The average molecular weight is 454 g/mol. The number of benzene rings is 2. The summed E-state index contributed by atoms with van der Waals surface area (Å²) in [5.41, 5.74) is 2.76. The Morgan fingerprint density at radius 3 is 2.24 bits per heavy atom. The van der Waals surface area contributed by atoms with E-state index in [4.69, 9.17) is 4.52 Å². The van der Waals surface area contributed by atoms with Crippen molar-refractivity contribution in [3.05, 3.63) is 65.7 Å². The van der Waals surface area contributed by atoms with Crippen LogP contribution in [0.4, 0.5) is 20.6 Å². The number of carboxylic acid groups (broad SMARTS) is 1. The van der Waals surface area contributed by atoms with Crippen molar-refractivity contribution in [3.63, 3.8) is 0 Å². The summed E-state index contributed by atoms with van der Waals surface area (Å²) >= 11 is 0. The number of anilines is 2. The number of aromatic nitrogens is 1. The first-order valence-electron chi connectivity index (χ1n) is 10.1. The normalized spacial score (nSPS) is 11.7. The van der Waals surface area contributed by atoms with E-state index in [1.54, 1.807) is 39.0 Å². The number of aliphatic carboxylic acids is 1. The predicted molar refractivity (Wildman–Crippen MR) is 119 cm³/mol. The smallest absolute Gasteiger partial charge is 0.326 e. The van der Waals surface area contributed by atoms with Crippen molar-refractivity contribution in [2.45, 2.75) is 26.8 Å². The van der Waals surface area contributed by atoms with E-state index in [1.807, 2.05) is 0 Å². The summed E-state index contributed by atoms with van der Waals surface area (Å²) in [4.78, 5) is 35.8. The Labute approximate surface area is 189 Å². The first-order chi connectivity index (χ1) is 15.6. The number of urea groups is 1. The van der Waals surface area contributed by atoms with Gasteiger partial charge in [-0.2, -0.15) is 0 Å². The molecule has 33 heavy (non-hydrogen) atoms. The molecule has 1 atom stereocenters. The van der Waals surface area contributed by atoms with Crippen molar-refractivity contribution in [1.82, 2.24) is 10.5 Å². The number of amides is 3. The highest BCUT2D eigenvalue weighted by Crippen LogP contribution is 2.26. The lowest BCUT2D eigenvalue weighted by Crippen LogP contribution is -2.44. The van der Waals surface area contributed by atoms with Crippen molar-refractivity contribution < 1.29 is 28.4 Å². The van der Waals surface area contributed by atoms with Crippen LogP contribution in [-0.2, 0) is 4.79 Å². The molecule has 0 spiro atoms. The number of carbonyl (C=O) groups is 3. The molecule has 172 valence electrons. The van der Waals surface area contributed by atoms with Gasteiger partial charge < -0.3 is 25.6 Å². The second-order valence-electron chi connectivity index (χ2n) is 7.73. The maximum absolute atomic E-state index is 13.0. The van der Waals surface area contributed by atoms with Gasteiger partial charge in [-0.3, -0.25) is 4.79 Å². The van der Waals surface area contributed by atoms with E-state index < -0.39 is 29.8 Å². The van der Waals surface area contributed by atoms with E-state index >= 15 is 0 Å². The first-order valence-corrected chi connectivity index (χ1v) is 10.1. The van der Waals surface area contributed by atoms with Crippen molar-refractivity contribution >= 4 is 29.3 Å². The molecule has 1 heterocycles. The zero-order valence-corrected chi connectivity index (χ0v) is 18.2. The van der Waals surface area contributed by atoms with Gasteiger partial charge in [-0.1, -0.05) is 25.1 Å². The largest absolute Gasteiger partial charge is 0.480 e. The number of nitrogens with zero attached hydrogens (tertiary/aromatic N) is 1. The van der Waals surface area contributed by atoms with Crippen LogP contribution >= 0.6 is 0 Å². The minimum atomic E-state index is -1.14. The van der Waals surface area contributed by atoms with Gasteiger partial charge in [0.15, 0.2) is 0 Å². The van der Waals surface area contributed by atoms with Crippen LogP contribution in [-0.4, -0.2) is 34.2 Å². The Bertz CT molecular complexity index is 1170. The zero-order valence-electron chi connectivity index (χ0n) is 18.2. The molecule has 3 amide bonds. The van der Waals surface area contributed by atoms with Gasteiger partial charge in [-0.25, -0.2) is 14.0 Å². The molecule has 10 heteroatoms. The van der Waals surface area contributed by atoms with Gasteiger partial charge in [0, 0.05) is 23.0 Å². The number of rotatable bonds is 7. The van der Waals surface area contributed by atoms with E-state index in [2.05, 4.69) is 21.1 Å². The standard InChI is InChI=1S/C23H23FN4O5/c1-12(2)20(22(30)31)27-21(29)19-11-18(28-33-19)17-9-8-16(10-13(17)3)26-23(32)25-15-6-4-14(24)5-7-15/h4-12,20H,1-3H3,(H,27,29)(H,30,31)(H2,25,26,32). The van der Waals surface area contributed by atoms with E-state index in [-0.39, 0.29) is 11.7 Å². The Morgan fingerprint density at radius 2 is 1.64 bits per heavy atom. The lowest BCUT2D eigenvalue weighted by molar-refractivity contribution is -0.140. The molecule has 0 aliphatic heterocycles. The number of carboxylic acids is 1. The molecule has 0 radical (unpaired) electrons. The van der Waals surface area contributed by atoms with E-state index in [1.165, 1.54) is 30.3 Å². The van der Waals surface area contributed by atoms with Gasteiger partial charge in [0.2, 0.25) is 5.76 Å². The third-order valence-electron chi connectivity index (χ3n) is 4.82. The quantitative estimate of drug-likeness (QED) is 0.421. The molecule has 3 rings (SSSR count). The van der Waals surface area contributed by atoms with E-state index in [0.717, 1.165) is 5.56 Å². The molecule has 0 saturated carbocycles. The lowest BCUT2D eigenvalue weighted by Gasteiger charge is -2.16. The molecule has 9 nitrogen and oxygen atoms in total. The average Bonchev–Trinajstić information content (AvgIpc) is 3.23. The summed E-state index contributed by atoms with van der Waals surface area (Å²) in [6, 6.07) is 10.3. The van der Waals surface area contributed by atoms with Crippen LogP contribution in [0, 0.1) is 18.7 Å². The van der Waals surface area contributed by atoms with Crippen molar-refractivity contribution in [2.75, 3.05) is 10.6 Å². The number of hydrogen-bond acceptors (Lipinski definition) is 5. The van der Waals surface area contributed by atoms with Crippen molar-refractivity contribution in [1.29, 1.82) is 0 Å². The summed E-state index contributed by atoms with van der Waals surface area (Å²) in [6.07, 6.45) is 0. The molecule has 0 saturated heterocycles. The van der Waals surface area contributed by atoms with Crippen LogP contribution in [0.1, 0.15) is 30.0 Å². The highest BCUT2D eigenvalue weighted by atomic mass is 19.1. The summed E-state index contributed by atoms with van der Waals surface area (Å²) in [5, 5.41) is 20.8. The predicted octanol–water partition coefficient (Wildman–Crippen LogP) is 4.27. The summed E-state index contributed by atoms with van der Waals surface area (Å²) in [7, 11) is 0. The van der Waals surface area contributed by atoms with Crippen LogP contribution in [0.5, 0.6) is 0 Å². The minimum Gasteiger partial charge on any atom is -0.480 e. The molecular weight excluding hydrogens is 431 g/mol. The summed E-state index contributed by atoms with van der Waals surface area (Å²) in [6.45, 7) is 5.17. The van der Waals surface area contributed by atoms with Crippen LogP contribution in [0.25, 0.3) is 11.3 Å². The van der Waals surface area contributed by atoms with Crippen LogP contribution < -0.4 is 16.0 Å². The molecule has 2 aromatic carbocycles. The monoisotopic (exact) mass is 454 g/mol. The van der Waals surface area contributed by atoms with Gasteiger partial charge >= 0.3 is 12.0 Å². The second-order valence-corrected chi connectivity index (χ2v) is 7.73. The minimum absolute atomic E-state index is 0.114. The topological polar surface area (TPSA) is 134 Å². The lowest BCUT2D eigenvalue weighted by atomic mass is 10.0. The highest BCUT2D eigenvalue weighted by molar-refractivity contribution is 6.00. The Balaban J connectivity index is 1.68. The first kappa shape index (κ1) is 23.5. The third kappa shape index (κ3) is 5.94. The van der Waals surface area contributed by atoms with Crippen molar-refractivity contribution in [3.8, 4) is 11.3 Å². The van der Waals surface area contributed by atoms with E-state index in [0.29, 0.717) is 22.6 Å². The zero-order chi connectivity index (χ0) is 24.1. The number of hydrogen-bond donors (Lipinski definition) is 4. The molecule has 4 N–H and O–H groups in total. The SMILES string of the molecule is Cc1cc(NC(=O)Nc2ccc(F)cc2)ccc1-c1cc(C(=O)NC(C(=O)O)C(C)C)on1. The third-order valence-corrected chi connectivity index (χ3v) is 4.82. The van der Waals surface area contributed by atoms with Crippen LogP contribution in [0.15, 0.2) is 53.1 Å². The van der Waals surface area contributed by atoms with Crippen molar-refractivity contribution in [2.24, 2.45) is 5.92 Å². The molecule has 1 aromatic heterocycles. The number of carbonyl (C=O) groups excluding carboxylic acids is 2. The maximum atomic E-state index is 13.0. The highest BCUT2D eigenvalue weighted by Gasteiger charge is 2.26. The fraction of sp³-hybridized carbons (Fsp3) is 0.217. The number of halogens is 1. The van der Waals surface area contributed by atoms with Gasteiger partial charge in [-0.15, -0.1) is 0 Å². The molecular formula is C23H23FN4O5. The van der Waals surface area contributed by atoms with Gasteiger partial charge in [0.25, 0.3) is 5.91 Å². The van der Waals surface area contributed by atoms with Crippen LogP contribution in [0.3, 0.4) is 0 Å². The van der Waals surface area contributed by atoms with Gasteiger partial charge in [-0.05, 0) is 54.8 Å². The second kappa shape index (κ2) is 9.94. The molecule has 1 unspecified atom stereocenters. The summed E-state index contributed by atoms with van der Waals surface area (Å²) in [5.74, 6) is -2.64. The molecule has 0 fully saturated rings. The fourth-order valence-corrected chi connectivity index (χ4v) is 3.09. The van der Waals surface area contributed by atoms with E-state index in [9.17, 15) is 23.9 Å². The summed E-state index contributed by atoms with van der Waals surface area (Å²) < 4.78 is 18.1. The number of aryl methyl sites for hydroxylation is 1. The molecule has 0 aliphatic rings.